The molecule has 2 nitrogen and oxygen atoms in total. The predicted molar refractivity (Wildman–Crippen MR) is 70.6 cm³/mol. The Bertz CT molecular complexity index is 537. The molecule has 0 aliphatic heterocycles. The molecule has 2 aromatic rings. The summed E-state index contributed by atoms with van der Waals surface area (Å²) in [6.45, 7) is -0.0937. The standard InChI is InChI=1S/C12H8Cl3NO/c13-9-3-8(4-10(14)5-9)11-1-7(6-17)2-12(15)16-11/h1-5,17H,6H2. The fourth-order valence-corrected chi connectivity index (χ4v) is 2.25. The van der Waals surface area contributed by atoms with E-state index in [0.717, 1.165) is 5.56 Å². The monoisotopic (exact) mass is 287 g/mol. The maximum Gasteiger partial charge on any atom is 0.130 e. The minimum Gasteiger partial charge on any atom is -0.392 e. The molecule has 0 fully saturated rings. The van der Waals surface area contributed by atoms with Gasteiger partial charge in [0.25, 0.3) is 0 Å². The van der Waals surface area contributed by atoms with Gasteiger partial charge in [-0.2, -0.15) is 0 Å². The molecule has 0 unspecified atom stereocenters. The van der Waals surface area contributed by atoms with Gasteiger partial charge in [0, 0.05) is 15.6 Å². The number of aliphatic hydroxyl groups excluding tert-OH is 1. The zero-order valence-electron chi connectivity index (χ0n) is 8.62. The van der Waals surface area contributed by atoms with E-state index in [1.54, 1.807) is 30.3 Å². The molecule has 88 valence electrons. The van der Waals surface area contributed by atoms with Gasteiger partial charge in [0.2, 0.25) is 0 Å². The fraction of sp³-hybridized carbons (Fsp3) is 0.0833. The van der Waals surface area contributed by atoms with Crippen molar-refractivity contribution in [3.05, 3.63) is 51.1 Å². The quantitative estimate of drug-likeness (QED) is 0.840. The summed E-state index contributed by atoms with van der Waals surface area (Å²) in [5.74, 6) is 0. The van der Waals surface area contributed by atoms with Crippen molar-refractivity contribution in [3.63, 3.8) is 0 Å². The van der Waals surface area contributed by atoms with Crippen LogP contribution in [0.2, 0.25) is 15.2 Å². The summed E-state index contributed by atoms with van der Waals surface area (Å²) < 4.78 is 0. The molecule has 5 heteroatoms. The van der Waals surface area contributed by atoms with Gasteiger partial charge < -0.3 is 5.11 Å². The lowest BCUT2D eigenvalue weighted by Gasteiger charge is -2.05. The van der Waals surface area contributed by atoms with Crippen molar-refractivity contribution in [2.24, 2.45) is 0 Å². The predicted octanol–water partition coefficient (Wildman–Crippen LogP) is 4.20. The molecule has 0 spiro atoms. The van der Waals surface area contributed by atoms with Crippen molar-refractivity contribution < 1.29 is 5.11 Å². The van der Waals surface area contributed by atoms with Crippen LogP contribution in [-0.2, 0) is 6.61 Å². The molecule has 1 aromatic heterocycles. The molecule has 0 saturated carbocycles. The second-order valence-electron chi connectivity index (χ2n) is 3.50. The van der Waals surface area contributed by atoms with Crippen molar-refractivity contribution >= 4 is 34.8 Å². The zero-order chi connectivity index (χ0) is 12.4. The lowest BCUT2D eigenvalue weighted by molar-refractivity contribution is 0.282. The molecular formula is C12H8Cl3NO. The number of halogens is 3. The Hall–Kier alpha value is -0.800. The molecule has 0 atom stereocenters. The second kappa shape index (κ2) is 5.23. The number of aromatic nitrogens is 1. The zero-order valence-corrected chi connectivity index (χ0v) is 10.9. The van der Waals surface area contributed by atoms with E-state index in [2.05, 4.69) is 4.98 Å². The number of rotatable bonds is 2. The van der Waals surface area contributed by atoms with Crippen LogP contribution in [0.5, 0.6) is 0 Å². The van der Waals surface area contributed by atoms with E-state index in [-0.39, 0.29) is 6.61 Å². The Kier molecular flexibility index (Phi) is 3.89. The van der Waals surface area contributed by atoms with Crippen molar-refractivity contribution in [2.45, 2.75) is 6.61 Å². The highest BCUT2D eigenvalue weighted by molar-refractivity contribution is 6.35. The van der Waals surface area contributed by atoms with Crippen LogP contribution in [0.3, 0.4) is 0 Å². The first kappa shape index (κ1) is 12.7. The number of hydrogen-bond donors (Lipinski definition) is 1. The van der Waals surface area contributed by atoms with E-state index in [1.165, 1.54) is 0 Å². The van der Waals surface area contributed by atoms with Crippen LogP contribution in [0.1, 0.15) is 5.56 Å². The second-order valence-corrected chi connectivity index (χ2v) is 4.76. The van der Waals surface area contributed by atoms with Gasteiger partial charge in [-0.3, -0.25) is 0 Å². The smallest absolute Gasteiger partial charge is 0.130 e. The van der Waals surface area contributed by atoms with E-state index in [1.807, 2.05) is 0 Å². The minimum absolute atomic E-state index is 0.0937. The molecule has 0 aliphatic carbocycles. The lowest BCUT2D eigenvalue weighted by atomic mass is 10.1. The maximum absolute atomic E-state index is 9.10. The van der Waals surface area contributed by atoms with Gasteiger partial charge in [-0.15, -0.1) is 0 Å². The Morgan fingerprint density at radius 3 is 2.18 bits per heavy atom. The van der Waals surface area contributed by atoms with Gasteiger partial charge in [-0.1, -0.05) is 34.8 Å². The number of hydrogen-bond acceptors (Lipinski definition) is 2. The molecule has 0 radical (unpaired) electrons. The van der Waals surface area contributed by atoms with Crippen LogP contribution in [0.4, 0.5) is 0 Å². The van der Waals surface area contributed by atoms with E-state index in [9.17, 15) is 0 Å². The highest BCUT2D eigenvalue weighted by Gasteiger charge is 2.06. The number of aliphatic hydroxyl groups is 1. The molecule has 1 heterocycles. The van der Waals surface area contributed by atoms with E-state index in [0.29, 0.717) is 26.5 Å². The first-order valence-corrected chi connectivity index (χ1v) is 5.95. The summed E-state index contributed by atoms with van der Waals surface area (Å²) in [5.41, 5.74) is 2.08. The van der Waals surface area contributed by atoms with Gasteiger partial charge in [0.05, 0.1) is 12.3 Å². The molecule has 2 rings (SSSR count). The van der Waals surface area contributed by atoms with Gasteiger partial charge in [0.15, 0.2) is 0 Å². The van der Waals surface area contributed by atoms with Crippen LogP contribution >= 0.6 is 34.8 Å². The molecule has 17 heavy (non-hydrogen) atoms. The Balaban J connectivity index is 2.55. The normalized spacial score (nSPS) is 10.6. The first-order chi connectivity index (χ1) is 8.08. The van der Waals surface area contributed by atoms with Crippen LogP contribution < -0.4 is 0 Å². The van der Waals surface area contributed by atoms with E-state index >= 15 is 0 Å². The molecule has 0 aliphatic rings. The first-order valence-electron chi connectivity index (χ1n) is 4.82. The summed E-state index contributed by atoms with van der Waals surface area (Å²) in [5, 5.41) is 10.5. The van der Waals surface area contributed by atoms with Crippen LogP contribution in [-0.4, -0.2) is 10.1 Å². The van der Waals surface area contributed by atoms with Crippen molar-refractivity contribution in [1.82, 2.24) is 4.98 Å². The Morgan fingerprint density at radius 2 is 1.59 bits per heavy atom. The average molecular weight is 289 g/mol. The topological polar surface area (TPSA) is 33.1 Å². The maximum atomic E-state index is 9.10. The summed E-state index contributed by atoms with van der Waals surface area (Å²) >= 11 is 17.7. The summed E-state index contributed by atoms with van der Waals surface area (Å²) in [6, 6.07) is 8.48. The summed E-state index contributed by atoms with van der Waals surface area (Å²) in [6.07, 6.45) is 0. The molecular weight excluding hydrogens is 280 g/mol. The van der Waals surface area contributed by atoms with Crippen LogP contribution in [0.15, 0.2) is 30.3 Å². The van der Waals surface area contributed by atoms with Gasteiger partial charge in [-0.25, -0.2) is 4.98 Å². The third-order valence-corrected chi connectivity index (χ3v) is 2.82. The van der Waals surface area contributed by atoms with Gasteiger partial charge in [0.1, 0.15) is 5.15 Å². The Labute approximate surface area is 114 Å². The van der Waals surface area contributed by atoms with Crippen molar-refractivity contribution in [2.75, 3.05) is 0 Å². The molecule has 1 N–H and O–H groups in total. The van der Waals surface area contributed by atoms with Crippen molar-refractivity contribution in [1.29, 1.82) is 0 Å². The third kappa shape index (κ3) is 3.11. The third-order valence-electron chi connectivity index (χ3n) is 2.19. The molecule has 0 bridgehead atoms. The molecule has 0 saturated heterocycles. The largest absolute Gasteiger partial charge is 0.392 e. The number of pyridine rings is 1. The molecule has 1 aromatic carbocycles. The highest BCUT2D eigenvalue weighted by Crippen LogP contribution is 2.27. The fourth-order valence-electron chi connectivity index (χ4n) is 1.49. The SMILES string of the molecule is OCc1cc(Cl)nc(-c2cc(Cl)cc(Cl)c2)c1. The van der Waals surface area contributed by atoms with Crippen molar-refractivity contribution in [3.8, 4) is 11.3 Å². The molecule has 0 amide bonds. The minimum atomic E-state index is -0.0937. The lowest BCUT2D eigenvalue weighted by Crippen LogP contribution is -1.90. The van der Waals surface area contributed by atoms with E-state index in [4.69, 9.17) is 39.9 Å². The van der Waals surface area contributed by atoms with Gasteiger partial charge >= 0.3 is 0 Å². The number of benzene rings is 1. The summed E-state index contributed by atoms with van der Waals surface area (Å²) in [4.78, 5) is 4.17. The van der Waals surface area contributed by atoms with Crippen LogP contribution in [0, 0.1) is 0 Å². The average Bonchev–Trinajstić information content (AvgIpc) is 2.26. The summed E-state index contributed by atoms with van der Waals surface area (Å²) in [7, 11) is 0. The van der Waals surface area contributed by atoms with Crippen LogP contribution in [0.25, 0.3) is 11.3 Å². The highest BCUT2D eigenvalue weighted by atomic mass is 35.5. The van der Waals surface area contributed by atoms with E-state index < -0.39 is 0 Å². The van der Waals surface area contributed by atoms with Gasteiger partial charge in [-0.05, 0) is 35.9 Å². The Morgan fingerprint density at radius 1 is 0.941 bits per heavy atom. The number of nitrogens with zero attached hydrogens (tertiary/aromatic N) is 1.